The summed E-state index contributed by atoms with van der Waals surface area (Å²) >= 11 is 6.45. The van der Waals surface area contributed by atoms with Crippen molar-refractivity contribution in [1.29, 1.82) is 0 Å². The summed E-state index contributed by atoms with van der Waals surface area (Å²) in [7, 11) is 0. The first-order valence-electron chi connectivity index (χ1n) is 10.5. The zero-order chi connectivity index (χ0) is 21.5. The summed E-state index contributed by atoms with van der Waals surface area (Å²) in [6, 6.07) is 16.2. The van der Waals surface area contributed by atoms with E-state index >= 15 is 0 Å². The highest BCUT2D eigenvalue weighted by molar-refractivity contribution is 6.32. The van der Waals surface area contributed by atoms with Crippen molar-refractivity contribution in [2.75, 3.05) is 23.3 Å². The van der Waals surface area contributed by atoms with Gasteiger partial charge in [0.05, 0.1) is 16.7 Å². The van der Waals surface area contributed by atoms with Crippen molar-refractivity contribution in [2.24, 2.45) is 0 Å². The van der Waals surface area contributed by atoms with Crippen molar-refractivity contribution in [3.8, 4) is 11.5 Å². The molecule has 2 bridgehead atoms. The minimum Gasteiger partial charge on any atom is -0.454 e. The third kappa shape index (κ3) is 3.57. The molecule has 1 aromatic carbocycles. The summed E-state index contributed by atoms with van der Waals surface area (Å²) in [5.41, 5.74) is 1.46. The minimum atomic E-state index is 0.443. The van der Waals surface area contributed by atoms with E-state index in [2.05, 4.69) is 30.5 Å². The van der Waals surface area contributed by atoms with Crippen molar-refractivity contribution < 1.29 is 4.74 Å². The fourth-order valence-corrected chi connectivity index (χ4v) is 4.51. The van der Waals surface area contributed by atoms with Crippen LogP contribution in [0.15, 0.2) is 61.1 Å². The molecule has 2 saturated heterocycles. The Hall–Kier alpha value is -3.49. The number of hydrogen-bond donors (Lipinski definition) is 2. The average Bonchev–Trinajstić information content (AvgIpc) is 3.46. The maximum atomic E-state index is 6.45. The van der Waals surface area contributed by atoms with Crippen LogP contribution in [0.3, 0.4) is 0 Å². The molecule has 0 radical (unpaired) electrons. The summed E-state index contributed by atoms with van der Waals surface area (Å²) in [5.74, 6) is 3.25. The highest BCUT2D eigenvalue weighted by Gasteiger charge is 2.38. The molecule has 6 rings (SSSR count). The SMILES string of the molecule is Clc1cc(Nc2ncnc3ccc(N4C[C@@H]5C[C@H]4CN5)nc23)ncc1Oc1ccccc1. The number of halogens is 1. The smallest absolute Gasteiger partial charge is 0.164 e. The maximum Gasteiger partial charge on any atom is 0.164 e. The van der Waals surface area contributed by atoms with Crippen molar-refractivity contribution in [2.45, 2.75) is 18.5 Å². The average molecular weight is 446 g/mol. The molecule has 160 valence electrons. The normalized spacial score (nSPS) is 19.5. The van der Waals surface area contributed by atoms with Crippen molar-refractivity contribution in [3.05, 3.63) is 66.1 Å². The van der Waals surface area contributed by atoms with Gasteiger partial charge in [-0.1, -0.05) is 29.8 Å². The van der Waals surface area contributed by atoms with Crippen LogP contribution in [0.5, 0.6) is 11.5 Å². The number of fused-ring (bicyclic) bond motifs is 3. The number of nitrogens with zero attached hydrogens (tertiary/aromatic N) is 5. The Labute approximate surface area is 189 Å². The van der Waals surface area contributed by atoms with Gasteiger partial charge in [0.1, 0.15) is 29.2 Å². The molecule has 0 saturated carbocycles. The number of piperazine rings is 1. The van der Waals surface area contributed by atoms with Crippen LogP contribution in [0.4, 0.5) is 17.5 Å². The number of pyridine rings is 2. The van der Waals surface area contributed by atoms with E-state index in [-0.39, 0.29) is 0 Å². The van der Waals surface area contributed by atoms with Gasteiger partial charge >= 0.3 is 0 Å². The number of rotatable bonds is 5. The first kappa shape index (κ1) is 19.2. The molecule has 0 unspecified atom stereocenters. The molecular formula is C23H20ClN7O. The number of aromatic nitrogens is 4. The van der Waals surface area contributed by atoms with Crippen molar-refractivity contribution in [1.82, 2.24) is 25.3 Å². The second kappa shape index (κ2) is 7.89. The number of anilines is 3. The lowest BCUT2D eigenvalue weighted by Crippen LogP contribution is -2.44. The van der Waals surface area contributed by atoms with Crippen LogP contribution in [0.2, 0.25) is 5.02 Å². The predicted molar refractivity (Wildman–Crippen MR) is 124 cm³/mol. The number of ether oxygens (including phenoxy) is 1. The molecule has 0 aliphatic carbocycles. The number of hydrogen-bond acceptors (Lipinski definition) is 8. The van der Waals surface area contributed by atoms with Crippen LogP contribution in [0, 0.1) is 0 Å². The van der Waals surface area contributed by atoms with Gasteiger partial charge in [-0.05, 0) is 30.7 Å². The monoisotopic (exact) mass is 445 g/mol. The largest absolute Gasteiger partial charge is 0.454 e. The molecule has 2 aliphatic heterocycles. The lowest BCUT2D eigenvalue weighted by atomic mass is 10.2. The molecule has 3 aromatic heterocycles. The van der Waals surface area contributed by atoms with Gasteiger partial charge in [0, 0.05) is 31.2 Å². The number of benzene rings is 1. The van der Waals surface area contributed by atoms with Crippen LogP contribution < -0.4 is 20.3 Å². The van der Waals surface area contributed by atoms with E-state index in [0.717, 1.165) is 30.8 Å². The lowest BCUT2D eigenvalue weighted by Gasteiger charge is -2.28. The Morgan fingerprint density at radius 3 is 2.78 bits per heavy atom. The molecule has 4 aromatic rings. The van der Waals surface area contributed by atoms with Crippen LogP contribution in [-0.2, 0) is 0 Å². The van der Waals surface area contributed by atoms with Gasteiger partial charge in [-0.2, -0.15) is 0 Å². The Kier molecular flexibility index (Phi) is 4.74. The molecule has 2 atom stereocenters. The van der Waals surface area contributed by atoms with E-state index in [9.17, 15) is 0 Å². The predicted octanol–water partition coefficient (Wildman–Crippen LogP) is 4.16. The van der Waals surface area contributed by atoms with E-state index in [4.69, 9.17) is 21.3 Å². The minimum absolute atomic E-state index is 0.443. The summed E-state index contributed by atoms with van der Waals surface area (Å²) in [6.45, 7) is 1.97. The quantitative estimate of drug-likeness (QED) is 0.473. The summed E-state index contributed by atoms with van der Waals surface area (Å²) in [5, 5.41) is 7.20. The molecule has 0 spiro atoms. The topological polar surface area (TPSA) is 88.1 Å². The first-order chi connectivity index (χ1) is 15.7. The van der Waals surface area contributed by atoms with Crippen LogP contribution in [0.1, 0.15) is 6.42 Å². The number of nitrogens with one attached hydrogen (secondary N) is 2. The van der Waals surface area contributed by atoms with Crippen molar-refractivity contribution in [3.63, 3.8) is 0 Å². The van der Waals surface area contributed by atoms with Crippen LogP contribution in [0.25, 0.3) is 11.0 Å². The zero-order valence-corrected chi connectivity index (χ0v) is 17.8. The Morgan fingerprint density at radius 1 is 1.09 bits per heavy atom. The Balaban J connectivity index is 1.28. The van der Waals surface area contributed by atoms with Gasteiger partial charge < -0.3 is 20.3 Å². The highest BCUT2D eigenvalue weighted by atomic mass is 35.5. The van der Waals surface area contributed by atoms with Gasteiger partial charge in [-0.15, -0.1) is 0 Å². The third-order valence-electron chi connectivity index (χ3n) is 5.86. The van der Waals surface area contributed by atoms with E-state index < -0.39 is 0 Å². The maximum absolute atomic E-state index is 6.45. The first-order valence-corrected chi connectivity index (χ1v) is 10.9. The number of para-hydroxylation sites is 1. The van der Waals surface area contributed by atoms with Gasteiger partial charge in [0.15, 0.2) is 11.6 Å². The van der Waals surface area contributed by atoms with Crippen molar-refractivity contribution >= 4 is 40.1 Å². The molecule has 2 fully saturated rings. The summed E-state index contributed by atoms with van der Waals surface area (Å²) < 4.78 is 5.81. The van der Waals surface area contributed by atoms with E-state index in [1.54, 1.807) is 12.3 Å². The fourth-order valence-electron chi connectivity index (χ4n) is 4.32. The fraction of sp³-hybridized carbons (Fsp3) is 0.217. The molecule has 9 heteroatoms. The Morgan fingerprint density at radius 2 is 2.00 bits per heavy atom. The molecule has 0 amide bonds. The molecule has 32 heavy (non-hydrogen) atoms. The molecule has 5 heterocycles. The second-order valence-electron chi connectivity index (χ2n) is 7.95. The van der Waals surface area contributed by atoms with Crippen LogP contribution in [-0.4, -0.2) is 45.1 Å². The van der Waals surface area contributed by atoms with Gasteiger partial charge in [-0.25, -0.2) is 19.9 Å². The van der Waals surface area contributed by atoms with Gasteiger partial charge in [0.2, 0.25) is 0 Å². The van der Waals surface area contributed by atoms with Crippen LogP contribution >= 0.6 is 11.6 Å². The van der Waals surface area contributed by atoms with E-state index in [1.807, 2.05) is 42.5 Å². The standard InChI is InChI=1S/C23H20ClN7O/c24-17-9-20(26-11-19(17)32-16-4-2-1-3-5-16)29-23-22-18(27-13-28-23)6-7-21(30-22)31-12-14-8-15(31)10-25-14/h1-7,9,11,13-15,25H,8,10,12H2,(H,26,27,28,29)/t14-,15-/m0/s1. The van der Waals surface area contributed by atoms with E-state index in [1.165, 1.54) is 6.33 Å². The summed E-state index contributed by atoms with van der Waals surface area (Å²) in [4.78, 5) is 20.5. The molecule has 8 nitrogen and oxygen atoms in total. The van der Waals surface area contributed by atoms with E-state index in [0.29, 0.717) is 45.8 Å². The summed E-state index contributed by atoms with van der Waals surface area (Å²) in [6.07, 6.45) is 4.27. The second-order valence-corrected chi connectivity index (χ2v) is 8.35. The molecular weight excluding hydrogens is 426 g/mol. The lowest BCUT2D eigenvalue weighted by molar-refractivity contribution is 0.481. The van der Waals surface area contributed by atoms with Gasteiger partial charge in [-0.3, -0.25) is 0 Å². The highest BCUT2D eigenvalue weighted by Crippen LogP contribution is 2.33. The third-order valence-corrected chi connectivity index (χ3v) is 6.15. The van der Waals surface area contributed by atoms with Gasteiger partial charge in [0.25, 0.3) is 0 Å². The molecule has 2 N–H and O–H groups in total. The zero-order valence-electron chi connectivity index (χ0n) is 17.1. The molecule has 2 aliphatic rings. The Bertz CT molecular complexity index is 1290.